The van der Waals surface area contributed by atoms with Gasteiger partial charge in [-0.1, -0.05) is 86.0 Å². The molecule has 3 unspecified atom stereocenters. The summed E-state index contributed by atoms with van der Waals surface area (Å²) in [6.45, 7) is 3.74. The molecule has 3 N–H and O–H groups in total. The van der Waals surface area contributed by atoms with E-state index in [0.717, 1.165) is 96.5 Å². The molecule has 0 spiro atoms. The van der Waals surface area contributed by atoms with Crippen LogP contribution in [0.4, 0.5) is 4.79 Å². The Hall–Kier alpha value is -3.23. The van der Waals surface area contributed by atoms with Gasteiger partial charge in [-0.3, -0.25) is 0 Å². The summed E-state index contributed by atoms with van der Waals surface area (Å²) in [5.41, 5.74) is 6.41. The minimum Gasteiger partial charge on any atom is -0.392 e. The maximum atomic E-state index is 13.1. The average molecular weight is 678 g/mol. The van der Waals surface area contributed by atoms with Crippen molar-refractivity contribution in [3.05, 3.63) is 95.1 Å². The first-order valence-electron chi connectivity index (χ1n) is 19.5. The molecule has 7 nitrogen and oxygen atoms in total. The zero-order valence-electron chi connectivity index (χ0n) is 29.5. The molecule has 0 aromatic heterocycles. The first-order chi connectivity index (χ1) is 24.5. The number of hydrogen-bond donors (Lipinski definition) is 3. The van der Waals surface area contributed by atoms with Crippen molar-refractivity contribution >= 4 is 6.03 Å². The van der Waals surface area contributed by atoms with Gasteiger partial charge in [0.2, 0.25) is 0 Å². The average Bonchev–Trinajstić information content (AvgIpc) is 3.11. The van der Waals surface area contributed by atoms with Crippen molar-refractivity contribution in [1.29, 1.82) is 0 Å². The molecule has 3 aromatic rings. The molecule has 2 amide bonds. The third-order valence-electron chi connectivity index (χ3n) is 12.3. The SMILES string of the molecule is O=C(NCc1cccc(-c2ccc(C3OC(CN4CCCCCCC4)CC(c4ccc(CO)cc4)O3)cc2)c1)NC12CC3CC(CC(C3)C1)C2. The Balaban J connectivity index is 0.919. The van der Waals surface area contributed by atoms with Crippen LogP contribution in [0.25, 0.3) is 11.1 Å². The van der Waals surface area contributed by atoms with Gasteiger partial charge in [-0.2, -0.15) is 0 Å². The number of ether oxygens (including phenoxy) is 2. The van der Waals surface area contributed by atoms with Crippen LogP contribution in [0, 0.1) is 17.8 Å². The summed E-state index contributed by atoms with van der Waals surface area (Å²) in [7, 11) is 0. The number of urea groups is 1. The van der Waals surface area contributed by atoms with Gasteiger partial charge in [-0.05, 0) is 116 Å². The van der Waals surface area contributed by atoms with Gasteiger partial charge in [0, 0.05) is 30.6 Å². The number of likely N-dealkylation sites (tertiary alicyclic amines) is 1. The van der Waals surface area contributed by atoms with Gasteiger partial charge < -0.3 is 30.1 Å². The van der Waals surface area contributed by atoms with Gasteiger partial charge in [0.1, 0.15) is 0 Å². The minimum absolute atomic E-state index is 0.0190. The monoisotopic (exact) mass is 677 g/mol. The number of nitrogens with zero attached hydrogens (tertiary/aromatic N) is 1. The highest BCUT2D eigenvalue weighted by molar-refractivity contribution is 5.75. The third kappa shape index (κ3) is 7.97. The zero-order chi connectivity index (χ0) is 33.9. The molecule has 9 rings (SSSR count). The second kappa shape index (κ2) is 15.2. The third-order valence-corrected chi connectivity index (χ3v) is 12.3. The van der Waals surface area contributed by atoms with Crippen LogP contribution in [0.3, 0.4) is 0 Å². The first-order valence-corrected chi connectivity index (χ1v) is 19.5. The Labute approximate surface area is 298 Å². The number of aliphatic hydroxyl groups excluding tert-OH is 1. The van der Waals surface area contributed by atoms with Crippen molar-refractivity contribution in [2.24, 2.45) is 17.8 Å². The van der Waals surface area contributed by atoms with Crippen molar-refractivity contribution in [2.45, 2.75) is 114 Å². The molecule has 0 radical (unpaired) electrons. The molecule has 50 heavy (non-hydrogen) atoms. The van der Waals surface area contributed by atoms with Crippen LogP contribution >= 0.6 is 0 Å². The lowest BCUT2D eigenvalue weighted by Gasteiger charge is -2.56. The van der Waals surface area contributed by atoms with E-state index in [0.29, 0.717) is 6.54 Å². The zero-order valence-corrected chi connectivity index (χ0v) is 29.5. The number of rotatable bonds is 9. The quantitative estimate of drug-likeness (QED) is 0.212. The summed E-state index contributed by atoms with van der Waals surface area (Å²) in [5.74, 6) is 2.42. The van der Waals surface area contributed by atoms with Gasteiger partial charge in [0.25, 0.3) is 0 Å². The van der Waals surface area contributed by atoms with Gasteiger partial charge >= 0.3 is 6.03 Å². The summed E-state index contributed by atoms with van der Waals surface area (Å²) in [6, 6.07) is 25.2. The van der Waals surface area contributed by atoms with E-state index in [1.54, 1.807) is 0 Å². The Morgan fingerprint density at radius 2 is 1.40 bits per heavy atom. The Kier molecular flexibility index (Phi) is 10.3. The molecule has 6 aliphatic rings. The van der Waals surface area contributed by atoms with E-state index in [9.17, 15) is 9.90 Å². The number of amides is 2. The van der Waals surface area contributed by atoms with Crippen molar-refractivity contribution in [1.82, 2.24) is 15.5 Å². The predicted octanol–water partition coefficient (Wildman–Crippen LogP) is 8.43. The molecule has 7 heteroatoms. The number of nitrogens with one attached hydrogen (secondary N) is 2. The lowest BCUT2D eigenvalue weighted by Crippen LogP contribution is -2.61. The highest BCUT2D eigenvalue weighted by atomic mass is 16.7. The van der Waals surface area contributed by atoms with Crippen molar-refractivity contribution in [3.8, 4) is 11.1 Å². The van der Waals surface area contributed by atoms with E-state index < -0.39 is 6.29 Å². The summed E-state index contributed by atoms with van der Waals surface area (Å²) >= 11 is 0. The highest BCUT2D eigenvalue weighted by Crippen LogP contribution is 2.55. The standard InChI is InChI=1S/C43H55N3O4/c47-29-30-9-11-36(12-10-30)40-23-39(28-46-17-4-2-1-3-5-18-46)49-41(50-40)37-15-13-35(14-16-37)38-8-6-7-31(22-38)27-44-42(48)45-43-24-32-19-33(25-43)21-34(20-32)26-43/h6-16,22,32-34,39-41,47H,1-5,17-21,23-29H2,(H2,44,45,48). The molecule has 2 aliphatic heterocycles. The topological polar surface area (TPSA) is 83.1 Å². The van der Waals surface area contributed by atoms with Crippen LogP contribution in [-0.4, -0.2) is 47.3 Å². The van der Waals surface area contributed by atoms with E-state index in [4.69, 9.17) is 9.47 Å². The molecule has 2 heterocycles. The molecule has 3 aromatic carbocycles. The molecule has 4 aliphatic carbocycles. The van der Waals surface area contributed by atoms with Crippen LogP contribution in [0.1, 0.15) is 112 Å². The summed E-state index contributed by atoms with van der Waals surface area (Å²) < 4.78 is 13.4. The predicted molar refractivity (Wildman–Crippen MR) is 196 cm³/mol. The number of benzene rings is 3. The number of carbonyl (C=O) groups excluding carboxylic acids is 1. The van der Waals surface area contributed by atoms with Crippen LogP contribution < -0.4 is 10.6 Å². The van der Waals surface area contributed by atoms with E-state index in [1.165, 1.54) is 51.4 Å². The largest absolute Gasteiger partial charge is 0.392 e. The van der Waals surface area contributed by atoms with Crippen molar-refractivity contribution in [3.63, 3.8) is 0 Å². The maximum Gasteiger partial charge on any atom is 0.315 e. The molecule has 266 valence electrons. The second-order valence-electron chi connectivity index (χ2n) is 16.2. The number of carbonyl (C=O) groups is 1. The summed E-state index contributed by atoms with van der Waals surface area (Å²) in [6.07, 6.45) is 14.4. The molecule has 3 atom stereocenters. The van der Waals surface area contributed by atoms with E-state index in [-0.39, 0.29) is 30.4 Å². The van der Waals surface area contributed by atoms with Gasteiger partial charge in [0.05, 0.1) is 18.8 Å². The fraction of sp³-hybridized carbons (Fsp3) is 0.558. The molecule has 6 fully saturated rings. The number of aliphatic hydroxyl groups is 1. The van der Waals surface area contributed by atoms with E-state index in [2.05, 4.69) is 76.2 Å². The molecule has 2 saturated heterocycles. The van der Waals surface area contributed by atoms with Crippen LogP contribution in [-0.2, 0) is 22.6 Å². The molecule has 4 bridgehead atoms. The normalized spacial score (nSPS) is 31.1. The lowest BCUT2D eigenvalue weighted by atomic mass is 9.53. The van der Waals surface area contributed by atoms with Crippen LogP contribution in [0.15, 0.2) is 72.8 Å². The van der Waals surface area contributed by atoms with Gasteiger partial charge in [-0.25, -0.2) is 4.79 Å². The first kappa shape index (κ1) is 33.9. The molecular formula is C43H55N3O4. The number of hydrogen-bond acceptors (Lipinski definition) is 5. The minimum atomic E-state index is -0.455. The van der Waals surface area contributed by atoms with Crippen LogP contribution in [0.5, 0.6) is 0 Å². The molecule has 4 saturated carbocycles. The van der Waals surface area contributed by atoms with Crippen molar-refractivity contribution < 1.29 is 19.4 Å². The second-order valence-corrected chi connectivity index (χ2v) is 16.2. The van der Waals surface area contributed by atoms with Crippen molar-refractivity contribution in [2.75, 3.05) is 19.6 Å². The fourth-order valence-electron chi connectivity index (χ4n) is 10.2. The van der Waals surface area contributed by atoms with E-state index in [1.807, 2.05) is 12.1 Å². The summed E-state index contributed by atoms with van der Waals surface area (Å²) in [4.78, 5) is 15.7. The highest BCUT2D eigenvalue weighted by Gasteiger charge is 2.51. The lowest BCUT2D eigenvalue weighted by molar-refractivity contribution is -0.253. The summed E-state index contributed by atoms with van der Waals surface area (Å²) in [5, 5.41) is 16.2. The van der Waals surface area contributed by atoms with Gasteiger partial charge in [0.15, 0.2) is 6.29 Å². The van der Waals surface area contributed by atoms with Gasteiger partial charge in [-0.15, -0.1) is 0 Å². The maximum absolute atomic E-state index is 13.1. The fourth-order valence-corrected chi connectivity index (χ4v) is 10.2. The smallest absolute Gasteiger partial charge is 0.315 e. The molecular weight excluding hydrogens is 622 g/mol. The van der Waals surface area contributed by atoms with Crippen LogP contribution in [0.2, 0.25) is 0 Å². The van der Waals surface area contributed by atoms with E-state index >= 15 is 0 Å². The Morgan fingerprint density at radius 1 is 0.740 bits per heavy atom. The Bertz CT molecular complexity index is 1550. The Morgan fingerprint density at radius 3 is 2.08 bits per heavy atom.